The van der Waals surface area contributed by atoms with Crippen molar-refractivity contribution in [1.29, 1.82) is 0 Å². The van der Waals surface area contributed by atoms with Crippen LogP contribution < -0.4 is 5.32 Å². The summed E-state index contributed by atoms with van der Waals surface area (Å²) in [4.78, 5) is 54.8. The van der Waals surface area contributed by atoms with Crippen LogP contribution >= 0.6 is 11.3 Å². The number of piperazine rings is 1. The molecule has 2 aliphatic carbocycles. The molecule has 1 saturated heterocycles. The normalized spacial score (nSPS) is 25.0. The number of nitrogens with one attached hydrogen (secondary N) is 1. The third-order valence-corrected chi connectivity index (χ3v) is 10.0. The van der Waals surface area contributed by atoms with Crippen molar-refractivity contribution in [3.8, 4) is 11.1 Å². The molecule has 13 heteroatoms. The molecule has 252 valence electrons. The van der Waals surface area contributed by atoms with Crippen molar-refractivity contribution in [2.75, 3.05) is 25.0 Å². The first-order valence-corrected chi connectivity index (χ1v) is 17.3. The van der Waals surface area contributed by atoms with Gasteiger partial charge in [0.25, 0.3) is 0 Å². The lowest BCUT2D eigenvalue weighted by atomic mass is 9.78. The van der Waals surface area contributed by atoms with Crippen molar-refractivity contribution < 1.29 is 28.6 Å². The van der Waals surface area contributed by atoms with E-state index in [0.717, 1.165) is 60.0 Å². The fraction of sp³-hybridized carbons (Fsp3) is 0.588. The Balaban J connectivity index is 0.984. The zero-order valence-corrected chi connectivity index (χ0v) is 28.5. The number of ether oxygens (including phenoxy) is 3. The van der Waals surface area contributed by atoms with Gasteiger partial charge in [0.15, 0.2) is 11.0 Å². The number of carbonyl (C=O) groups is 3. The number of fused-ring (bicyclic) bond motifs is 1. The van der Waals surface area contributed by atoms with Gasteiger partial charge in [-0.2, -0.15) is 0 Å². The van der Waals surface area contributed by atoms with Crippen LogP contribution in [0.1, 0.15) is 72.5 Å². The first kappa shape index (κ1) is 33.2. The highest BCUT2D eigenvalue weighted by Crippen LogP contribution is 2.36. The Bertz CT molecular complexity index is 1600. The second kappa shape index (κ2) is 13.8. The number of benzene rings is 1. The molecular formula is C34H44N6O6S. The van der Waals surface area contributed by atoms with E-state index in [4.69, 9.17) is 14.2 Å². The van der Waals surface area contributed by atoms with Gasteiger partial charge in [-0.3, -0.25) is 14.5 Å². The Kier molecular flexibility index (Phi) is 9.77. The Morgan fingerprint density at radius 3 is 2.49 bits per heavy atom. The van der Waals surface area contributed by atoms with Gasteiger partial charge in [0.2, 0.25) is 5.91 Å². The molecule has 0 unspecified atom stereocenters. The number of nitrogens with zero attached hydrogens (tertiary/aromatic N) is 5. The molecule has 0 radical (unpaired) electrons. The number of hydrogen-bond acceptors (Lipinski definition) is 11. The summed E-state index contributed by atoms with van der Waals surface area (Å²) in [5, 5.41) is 3.63. The van der Waals surface area contributed by atoms with Crippen LogP contribution in [0.25, 0.3) is 21.3 Å². The van der Waals surface area contributed by atoms with E-state index >= 15 is 0 Å². The molecule has 47 heavy (non-hydrogen) atoms. The summed E-state index contributed by atoms with van der Waals surface area (Å²) in [6, 6.07) is 6.50. The molecule has 2 aromatic heterocycles. The van der Waals surface area contributed by atoms with Crippen LogP contribution in [0.2, 0.25) is 0 Å². The van der Waals surface area contributed by atoms with Gasteiger partial charge in [-0.1, -0.05) is 17.4 Å². The summed E-state index contributed by atoms with van der Waals surface area (Å²) in [5.41, 5.74) is 2.14. The third-order valence-electron chi connectivity index (χ3n) is 9.08. The molecule has 3 aromatic rings. The number of hydrogen-bond donors (Lipinski definition) is 1. The molecule has 1 aliphatic heterocycles. The van der Waals surface area contributed by atoms with Gasteiger partial charge in [-0.15, -0.1) is 0 Å². The van der Waals surface area contributed by atoms with E-state index in [-0.39, 0.29) is 48.7 Å². The predicted octanol–water partition coefficient (Wildman–Crippen LogP) is 5.41. The largest absolute Gasteiger partial charge is 0.460 e. The lowest BCUT2D eigenvalue weighted by Crippen LogP contribution is -2.60. The minimum atomic E-state index is -0.509. The van der Waals surface area contributed by atoms with E-state index in [1.54, 1.807) is 17.3 Å². The highest BCUT2D eigenvalue weighted by molar-refractivity contribution is 7.22. The van der Waals surface area contributed by atoms with E-state index < -0.39 is 5.60 Å². The molecule has 3 fully saturated rings. The first-order valence-electron chi connectivity index (χ1n) is 16.5. The number of rotatable bonds is 8. The molecule has 2 saturated carbocycles. The third kappa shape index (κ3) is 8.07. The van der Waals surface area contributed by atoms with Crippen LogP contribution in [0.15, 0.2) is 30.6 Å². The van der Waals surface area contributed by atoms with Crippen molar-refractivity contribution in [2.24, 2.45) is 5.92 Å². The Labute approximate surface area is 279 Å². The van der Waals surface area contributed by atoms with Crippen molar-refractivity contribution in [3.05, 3.63) is 36.4 Å². The molecular weight excluding hydrogens is 620 g/mol. The van der Waals surface area contributed by atoms with Gasteiger partial charge in [0.1, 0.15) is 18.3 Å². The lowest BCUT2D eigenvalue weighted by molar-refractivity contribution is -0.153. The Morgan fingerprint density at radius 1 is 1.04 bits per heavy atom. The first-order chi connectivity index (χ1) is 22.4. The zero-order chi connectivity index (χ0) is 33.3. The van der Waals surface area contributed by atoms with Crippen LogP contribution in [0.4, 0.5) is 9.93 Å². The second-order valence-corrected chi connectivity index (χ2v) is 14.9. The summed E-state index contributed by atoms with van der Waals surface area (Å²) < 4.78 is 17.9. The molecule has 1 aromatic carbocycles. The van der Waals surface area contributed by atoms with Crippen molar-refractivity contribution in [3.63, 3.8) is 0 Å². The molecule has 2 amide bonds. The van der Waals surface area contributed by atoms with Crippen LogP contribution in [0.5, 0.6) is 0 Å². The molecule has 3 heterocycles. The lowest BCUT2D eigenvalue weighted by Gasteiger charge is -2.49. The smallest absolute Gasteiger partial charge is 0.410 e. The minimum Gasteiger partial charge on any atom is -0.460 e. The topological polar surface area (TPSA) is 136 Å². The number of carbonyl (C=O) groups excluding carboxylic acids is 3. The quantitative estimate of drug-likeness (QED) is 0.311. The number of aromatic nitrogens is 3. The summed E-state index contributed by atoms with van der Waals surface area (Å²) in [6.45, 7) is 11.5. The van der Waals surface area contributed by atoms with Gasteiger partial charge < -0.3 is 24.4 Å². The van der Waals surface area contributed by atoms with Crippen molar-refractivity contribution in [2.45, 2.75) is 103 Å². The average molecular weight is 665 g/mol. The summed E-state index contributed by atoms with van der Waals surface area (Å²) in [6.07, 6.45) is 7.18. The van der Waals surface area contributed by atoms with Crippen molar-refractivity contribution >= 4 is 44.7 Å². The van der Waals surface area contributed by atoms with E-state index in [2.05, 4.69) is 32.1 Å². The molecule has 0 bridgehead atoms. The zero-order valence-electron chi connectivity index (χ0n) is 27.7. The molecule has 6 rings (SSSR count). The molecule has 12 nitrogen and oxygen atoms in total. The van der Waals surface area contributed by atoms with Crippen LogP contribution in [0, 0.1) is 5.92 Å². The second-order valence-electron chi connectivity index (χ2n) is 13.8. The molecule has 0 spiro atoms. The van der Waals surface area contributed by atoms with E-state index in [9.17, 15) is 14.4 Å². The maximum Gasteiger partial charge on any atom is 0.410 e. The van der Waals surface area contributed by atoms with Gasteiger partial charge in [-0.05, 0) is 77.5 Å². The number of thiazole rings is 1. The van der Waals surface area contributed by atoms with Crippen LogP contribution in [0.3, 0.4) is 0 Å². The van der Waals surface area contributed by atoms with Crippen LogP contribution in [-0.4, -0.2) is 92.2 Å². The van der Waals surface area contributed by atoms with Gasteiger partial charge >= 0.3 is 12.1 Å². The van der Waals surface area contributed by atoms with Gasteiger partial charge in [-0.25, -0.2) is 19.7 Å². The van der Waals surface area contributed by atoms with Gasteiger partial charge in [0.05, 0.1) is 16.3 Å². The number of anilines is 1. The maximum absolute atomic E-state index is 13.1. The monoisotopic (exact) mass is 664 g/mol. The minimum absolute atomic E-state index is 0.00330. The van der Waals surface area contributed by atoms with E-state index in [0.29, 0.717) is 30.1 Å². The molecule has 3 atom stereocenters. The fourth-order valence-corrected chi connectivity index (χ4v) is 7.54. The summed E-state index contributed by atoms with van der Waals surface area (Å²) >= 11 is 1.45. The van der Waals surface area contributed by atoms with E-state index in [1.807, 2.05) is 39.0 Å². The highest BCUT2D eigenvalue weighted by atomic mass is 32.1. The SMILES string of the molecule is CC(=O)O[C@H]1CCC[C@@H]1OCc1ncc(-c2ccc3nc(NC(=O)[C@H]4C[C@@H](N5CCN(C(=O)OC(C)(C)C)C[C@@H]5C)C4)sc3c2)cn1. The molecule has 1 N–H and O–H groups in total. The predicted molar refractivity (Wildman–Crippen MR) is 178 cm³/mol. The Hall–Kier alpha value is -3.68. The number of esters is 1. The van der Waals surface area contributed by atoms with Gasteiger partial charge in [0, 0.05) is 62.5 Å². The summed E-state index contributed by atoms with van der Waals surface area (Å²) in [5.74, 6) is 0.231. The average Bonchev–Trinajstić information content (AvgIpc) is 3.60. The standard InChI is InChI=1S/C34H44N6O6S/c1-20-18-39(33(43)46-34(3,4)5)11-12-40(20)25-13-23(14-25)31(42)38-32-37-26-10-9-22(15-29(26)47-32)24-16-35-30(36-17-24)19-44-27-7-6-8-28(27)45-21(2)41/h9-10,15-17,20,23,25,27-28H,6-8,11-14,18-19H2,1-5H3,(H,37,38,42)/t20-,23-,25+,27-,28-/m0/s1. The van der Waals surface area contributed by atoms with Crippen molar-refractivity contribution in [1.82, 2.24) is 24.8 Å². The van der Waals surface area contributed by atoms with E-state index in [1.165, 1.54) is 18.3 Å². The highest BCUT2D eigenvalue weighted by Gasteiger charge is 2.42. The maximum atomic E-state index is 13.1. The fourth-order valence-electron chi connectivity index (χ4n) is 6.63. The summed E-state index contributed by atoms with van der Waals surface area (Å²) in [7, 11) is 0. The Morgan fingerprint density at radius 2 is 1.79 bits per heavy atom. The van der Waals surface area contributed by atoms with Crippen LogP contribution in [-0.2, 0) is 30.4 Å². The number of amides is 2. The molecule has 3 aliphatic rings.